The van der Waals surface area contributed by atoms with Crippen molar-refractivity contribution in [2.45, 2.75) is 58.1 Å². The van der Waals surface area contributed by atoms with Crippen molar-refractivity contribution in [3.05, 3.63) is 93.8 Å². The Bertz CT molecular complexity index is 1240. The summed E-state index contributed by atoms with van der Waals surface area (Å²) in [6, 6.07) is 17.0. The molecule has 3 aromatic rings. The molecule has 0 radical (unpaired) electrons. The standard InChI is InChI=1S/C30H34FNO4/c1-18-14-22(15-25(19(18)2)30(33)34)26-17-23(36-28-10-6-5-9-24(26)28)8-7-13-32-20(3)21-11-12-27(31)29(16-21)35-4/h5-6,9-12,14-16,20,23,26,32H,7-8,13,17H2,1-4H3,(H,33,34)/t20-,23+,26+/m1/s1. The molecule has 0 amide bonds. The highest BCUT2D eigenvalue weighted by Crippen LogP contribution is 2.42. The topological polar surface area (TPSA) is 67.8 Å². The molecule has 0 spiro atoms. The molecule has 0 aromatic heterocycles. The van der Waals surface area contributed by atoms with Crippen LogP contribution in [0.3, 0.4) is 0 Å². The van der Waals surface area contributed by atoms with Crippen molar-refractivity contribution in [3.8, 4) is 11.5 Å². The zero-order chi connectivity index (χ0) is 25.8. The molecular formula is C30H34FNO4. The summed E-state index contributed by atoms with van der Waals surface area (Å²) in [4.78, 5) is 11.8. The van der Waals surface area contributed by atoms with E-state index < -0.39 is 5.97 Å². The summed E-state index contributed by atoms with van der Waals surface area (Å²) in [6.45, 7) is 6.67. The Balaban J connectivity index is 1.43. The molecule has 0 saturated carbocycles. The van der Waals surface area contributed by atoms with E-state index in [1.165, 1.54) is 13.2 Å². The zero-order valence-corrected chi connectivity index (χ0v) is 21.3. The van der Waals surface area contributed by atoms with E-state index in [0.29, 0.717) is 5.56 Å². The number of nitrogens with one attached hydrogen (secondary N) is 1. The minimum atomic E-state index is -0.895. The fourth-order valence-electron chi connectivity index (χ4n) is 5.01. The fraction of sp³-hybridized carbons (Fsp3) is 0.367. The first-order valence-corrected chi connectivity index (χ1v) is 12.4. The average Bonchev–Trinajstić information content (AvgIpc) is 2.87. The van der Waals surface area contributed by atoms with Crippen LogP contribution in [0.1, 0.15) is 76.3 Å². The number of carboxylic acid groups (broad SMARTS) is 1. The fourth-order valence-corrected chi connectivity index (χ4v) is 5.01. The first-order valence-electron chi connectivity index (χ1n) is 12.4. The van der Waals surface area contributed by atoms with E-state index in [1.807, 2.05) is 38.1 Å². The highest BCUT2D eigenvalue weighted by molar-refractivity contribution is 5.90. The molecule has 3 atom stereocenters. The molecule has 6 heteroatoms. The Morgan fingerprint density at radius 2 is 1.97 bits per heavy atom. The number of halogens is 1. The summed E-state index contributed by atoms with van der Waals surface area (Å²) in [5.41, 5.74) is 5.25. The number of fused-ring (bicyclic) bond motifs is 1. The third kappa shape index (κ3) is 5.54. The van der Waals surface area contributed by atoms with Gasteiger partial charge in [-0.1, -0.05) is 30.3 Å². The van der Waals surface area contributed by atoms with E-state index >= 15 is 0 Å². The lowest BCUT2D eigenvalue weighted by Gasteiger charge is -2.33. The predicted molar refractivity (Wildman–Crippen MR) is 139 cm³/mol. The smallest absolute Gasteiger partial charge is 0.335 e. The average molecular weight is 492 g/mol. The van der Waals surface area contributed by atoms with E-state index in [1.54, 1.807) is 12.1 Å². The molecule has 1 aliphatic heterocycles. The molecule has 2 N–H and O–H groups in total. The van der Waals surface area contributed by atoms with Crippen LogP contribution in [0.15, 0.2) is 54.6 Å². The molecule has 0 saturated heterocycles. The molecule has 1 heterocycles. The van der Waals surface area contributed by atoms with Gasteiger partial charge in [0.1, 0.15) is 5.75 Å². The van der Waals surface area contributed by atoms with Crippen molar-refractivity contribution in [1.82, 2.24) is 5.32 Å². The molecule has 0 fully saturated rings. The number of carboxylic acids is 1. The van der Waals surface area contributed by atoms with Crippen molar-refractivity contribution < 1.29 is 23.8 Å². The summed E-state index contributed by atoms with van der Waals surface area (Å²) in [7, 11) is 1.47. The first kappa shape index (κ1) is 25.7. The Kier molecular flexibility index (Phi) is 7.94. The third-order valence-corrected chi connectivity index (χ3v) is 7.24. The van der Waals surface area contributed by atoms with Crippen LogP contribution in [0, 0.1) is 19.7 Å². The molecular weight excluding hydrogens is 457 g/mol. The molecule has 5 nitrogen and oxygen atoms in total. The van der Waals surface area contributed by atoms with E-state index in [0.717, 1.165) is 59.4 Å². The van der Waals surface area contributed by atoms with Gasteiger partial charge in [-0.25, -0.2) is 9.18 Å². The van der Waals surface area contributed by atoms with Crippen LogP contribution in [0.4, 0.5) is 4.39 Å². The Morgan fingerprint density at radius 3 is 2.72 bits per heavy atom. The lowest BCUT2D eigenvalue weighted by molar-refractivity contribution is 0.0696. The number of para-hydroxylation sites is 1. The van der Waals surface area contributed by atoms with Crippen molar-refractivity contribution in [2.75, 3.05) is 13.7 Å². The van der Waals surface area contributed by atoms with Gasteiger partial charge in [-0.05, 0) is 93.1 Å². The van der Waals surface area contributed by atoms with Gasteiger partial charge in [-0.2, -0.15) is 0 Å². The number of rotatable bonds is 9. The summed E-state index contributed by atoms with van der Waals surface area (Å²) < 4.78 is 25.2. The Morgan fingerprint density at radius 1 is 1.19 bits per heavy atom. The highest BCUT2D eigenvalue weighted by atomic mass is 19.1. The highest BCUT2D eigenvalue weighted by Gasteiger charge is 2.30. The Hall–Kier alpha value is -3.38. The second-order valence-corrected chi connectivity index (χ2v) is 9.59. The summed E-state index contributed by atoms with van der Waals surface area (Å²) in [5, 5.41) is 13.2. The van der Waals surface area contributed by atoms with Crippen molar-refractivity contribution in [3.63, 3.8) is 0 Å². The molecule has 190 valence electrons. The second-order valence-electron chi connectivity index (χ2n) is 9.59. The van der Waals surface area contributed by atoms with Gasteiger partial charge in [0, 0.05) is 17.5 Å². The van der Waals surface area contributed by atoms with E-state index in [9.17, 15) is 14.3 Å². The quantitative estimate of drug-likeness (QED) is 0.332. The zero-order valence-electron chi connectivity index (χ0n) is 21.3. The van der Waals surface area contributed by atoms with Gasteiger partial charge in [-0.15, -0.1) is 0 Å². The number of ether oxygens (including phenoxy) is 2. The van der Waals surface area contributed by atoms with Crippen LogP contribution in [-0.2, 0) is 0 Å². The summed E-state index contributed by atoms with van der Waals surface area (Å²) >= 11 is 0. The van der Waals surface area contributed by atoms with Crippen LogP contribution < -0.4 is 14.8 Å². The molecule has 0 aliphatic carbocycles. The van der Waals surface area contributed by atoms with E-state index in [2.05, 4.69) is 24.4 Å². The van der Waals surface area contributed by atoms with Crippen molar-refractivity contribution in [2.24, 2.45) is 0 Å². The van der Waals surface area contributed by atoms with E-state index in [-0.39, 0.29) is 29.6 Å². The van der Waals surface area contributed by atoms with Crippen LogP contribution in [0.5, 0.6) is 11.5 Å². The molecule has 36 heavy (non-hydrogen) atoms. The van der Waals surface area contributed by atoms with Gasteiger partial charge in [-0.3, -0.25) is 0 Å². The van der Waals surface area contributed by atoms with Crippen LogP contribution in [-0.4, -0.2) is 30.8 Å². The van der Waals surface area contributed by atoms with Gasteiger partial charge in [0.25, 0.3) is 0 Å². The lowest BCUT2D eigenvalue weighted by atomic mass is 9.81. The molecule has 4 rings (SSSR count). The van der Waals surface area contributed by atoms with Gasteiger partial charge in [0.15, 0.2) is 11.6 Å². The maximum absolute atomic E-state index is 13.7. The van der Waals surface area contributed by atoms with Gasteiger partial charge >= 0.3 is 5.97 Å². The largest absolute Gasteiger partial charge is 0.494 e. The Labute approximate surface area is 212 Å². The predicted octanol–water partition coefficient (Wildman–Crippen LogP) is 6.56. The summed E-state index contributed by atoms with van der Waals surface area (Å²) in [5.74, 6) is -0.0614. The lowest BCUT2D eigenvalue weighted by Crippen LogP contribution is -2.28. The monoisotopic (exact) mass is 491 g/mol. The second kappa shape index (κ2) is 11.1. The molecule has 1 aliphatic rings. The summed E-state index contributed by atoms with van der Waals surface area (Å²) in [6.07, 6.45) is 2.61. The number of methoxy groups -OCH3 is 1. The molecule has 3 aromatic carbocycles. The van der Waals surface area contributed by atoms with Gasteiger partial charge < -0.3 is 19.9 Å². The number of carbonyl (C=O) groups is 1. The minimum Gasteiger partial charge on any atom is -0.494 e. The maximum atomic E-state index is 13.7. The van der Waals surface area contributed by atoms with E-state index in [4.69, 9.17) is 9.47 Å². The third-order valence-electron chi connectivity index (χ3n) is 7.24. The van der Waals surface area contributed by atoms with Gasteiger partial charge in [0.2, 0.25) is 0 Å². The number of benzene rings is 3. The molecule has 0 bridgehead atoms. The number of aromatic carboxylic acids is 1. The normalized spacial score (nSPS) is 17.7. The van der Waals surface area contributed by atoms with Crippen LogP contribution in [0.2, 0.25) is 0 Å². The van der Waals surface area contributed by atoms with Crippen molar-refractivity contribution >= 4 is 5.97 Å². The number of hydrogen-bond acceptors (Lipinski definition) is 4. The number of aryl methyl sites for hydroxylation is 1. The van der Waals surface area contributed by atoms with Crippen molar-refractivity contribution in [1.29, 1.82) is 0 Å². The first-order chi connectivity index (χ1) is 17.3. The number of hydrogen-bond donors (Lipinski definition) is 2. The minimum absolute atomic E-state index is 0.0304. The van der Waals surface area contributed by atoms with Gasteiger partial charge in [0.05, 0.1) is 18.8 Å². The van der Waals surface area contributed by atoms with Crippen LogP contribution >= 0.6 is 0 Å². The molecule has 0 unspecified atom stereocenters. The maximum Gasteiger partial charge on any atom is 0.335 e. The SMILES string of the molecule is COc1cc([C@@H](C)NCCC[C@H]2C[C@@H](c3cc(C)c(C)c(C(=O)O)c3)c3ccccc3O2)ccc1F. The van der Waals surface area contributed by atoms with Crippen LogP contribution in [0.25, 0.3) is 0 Å².